The first-order valence-electron chi connectivity index (χ1n) is 10.2. The molecule has 0 N–H and O–H groups in total. The van der Waals surface area contributed by atoms with E-state index in [2.05, 4.69) is 0 Å². The average molecular weight is 429 g/mol. The van der Waals surface area contributed by atoms with E-state index in [9.17, 15) is 19.7 Å². The number of amides is 2. The summed E-state index contributed by atoms with van der Waals surface area (Å²) in [7, 11) is 0. The molecule has 2 amide bonds. The number of imide groups is 1. The minimum absolute atomic E-state index is 0.114. The van der Waals surface area contributed by atoms with Gasteiger partial charge in [0.15, 0.2) is 6.10 Å². The number of hydrogen-bond donors (Lipinski definition) is 0. The number of aryl methyl sites for hydroxylation is 1. The lowest BCUT2D eigenvalue weighted by Gasteiger charge is -2.29. The van der Waals surface area contributed by atoms with Gasteiger partial charge in [-0.3, -0.25) is 24.5 Å². The van der Waals surface area contributed by atoms with Crippen molar-refractivity contribution in [1.29, 1.82) is 0 Å². The van der Waals surface area contributed by atoms with Gasteiger partial charge in [-0.15, -0.1) is 0 Å². The summed E-state index contributed by atoms with van der Waals surface area (Å²) in [5, 5.41) is 12.6. The van der Waals surface area contributed by atoms with Crippen LogP contribution < -0.4 is 9.96 Å². The first kappa shape index (κ1) is 19.9. The molecule has 8 nitrogen and oxygen atoms in total. The molecule has 5 rings (SSSR count). The monoisotopic (exact) mass is 429 g/mol. The summed E-state index contributed by atoms with van der Waals surface area (Å²) in [6, 6.07) is 22.0. The highest BCUT2D eigenvalue weighted by molar-refractivity contribution is 6.24. The number of hydroxylamine groups is 1. The van der Waals surface area contributed by atoms with Crippen LogP contribution in [0.5, 0.6) is 0 Å². The van der Waals surface area contributed by atoms with Gasteiger partial charge < -0.3 is 0 Å². The topological polar surface area (TPSA) is 93.0 Å². The van der Waals surface area contributed by atoms with Crippen molar-refractivity contribution in [3.63, 3.8) is 0 Å². The van der Waals surface area contributed by atoms with Crippen molar-refractivity contribution in [2.45, 2.75) is 19.1 Å². The summed E-state index contributed by atoms with van der Waals surface area (Å²) < 4.78 is 0. The molecule has 0 aliphatic carbocycles. The molecule has 2 saturated heterocycles. The van der Waals surface area contributed by atoms with Crippen LogP contribution in [0.15, 0.2) is 78.9 Å². The molecule has 160 valence electrons. The molecule has 2 fully saturated rings. The Balaban J connectivity index is 1.57. The molecule has 2 aliphatic rings. The van der Waals surface area contributed by atoms with E-state index in [1.807, 2.05) is 61.5 Å². The Hall–Kier alpha value is -4.04. The van der Waals surface area contributed by atoms with Crippen LogP contribution in [0.1, 0.15) is 17.2 Å². The highest BCUT2D eigenvalue weighted by Crippen LogP contribution is 2.48. The predicted molar refractivity (Wildman–Crippen MR) is 117 cm³/mol. The maximum absolute atomic E-state index is 13.6. The number of benzene rings is 3. The van der Waals surface area contributed by atoms with Crippen LogP contribution in [0.2, 0.25) is 0 Å². The van der Waals surface area contributed by atoms with Crippen LogP contribution >= 0.6 is 0 Å². The van der Waals surface area contributed by atoms with E-state index in [1.54, 1.807) is 5.06 Å². The fraction of sp³-hybridized carbons (Fsp3) is 0.167. The van der Waals surface area contributed by atoms with Gasteiger partial charge in [0, 0.05) is 12.1 Å². The summed E-state index contributed by atoms with van der Waals surface area (Å²) in [4.78, 5) is 44.4. The molecule has 32 heavy (non-hydrogen) atoms. The molecule has 3 aromatic rings. The molecule has 8 heteroatoms. The van der Waals surface area contributed by atoms with Gasteiger partial charge in [0.1, 0.15) is 5.92 Å². The number of non-ortho nitro benzene ring substituents is 1. The van der Waals surface area contributed by atoms with E-state index >= 15 is 0 Å². The van der Waals surface area contributed by atoms with Crippen molar-refractivity contribution < 1.29 is 19.3 Å². The molecular weight excluding hydrogens is 410 g/mol. The number of nitro benzene ring substituents is 1. The first-order valence-corrected chi connectivity index (χ1v) is 10.2. The van der Waals surface area contributed by atoms with Gasteiger partial charge >= 0.3 is 0 Å². The average Bonchev–Trinajstić information content (AvgIpc) is 3.31. The van der Waals surface area contributed by atoms with Crippen molar-refractivity contribution in [3.8, 4) is 0 Å². The van der Waals surface area contributed by atoms with Gasteiger partial charge in [-0.25, -0.2) is 9.96 Å². The van der Waals surface area contributed by atoms with Gasteiger partial charge in [-0.1, -0.05) is 42.5 Å². The maximum Gasteiger partial charge on any atom is 0.269 e. The summed E-state index contributed by atoms with van der Waals surface area (Å²) in [5.41, 5.74) is 2.81. The Bertz CT molecular complexity index is 1210. The van der Waals surface area contributed by atoms with E-state index in [-0.39, 0.29) is 11.6 Å². The number of carbonyl (C=O) groups is 2. The minimum atomic E-state index is -0.984. The molecule has 2 aliphatic heterocycles. The first-order chi connectivity index (χ1) is 15.5. The van der Waals surface area contributed by atoms with Gasteiger partial charge in [0.05, 0.1) is 22.3 Å². The van der Waals surface area contributed by atoms with Gasteiger partial charge in [0.25, 0.3) is 11.6 Å². The van der Waals surface area contributed by atoms with Crippen molar-refractivity contribution in [3.05, 3.63) is 100 Å². The second kappa shape index (κ2) is 7.58. The number of rotatable bonds is 4. The lowest BCUT2D eigenvalue weighted by molar-refractivity contribution is -0.384. The van der Waals surface area contributed by atoms with Crippen LogP contribution in [-0.4, -0.2) is 22.8 Å². The molecule has 3 aromatic carbocycles. The Morgan fingerprint density at radius 2 is 1.50 bits per heavy atom. The zero-order valence-corrected chi connectivity index (χ0v) is 17.1. The van der Waals surface area contributed by atoms with Crippen LogP contribution in [0.4, 0.5) is 17.1 Å². The van der Waals surface area contributed by atoms with E-state index in [0.29, 0.717) is 5.69 Å². The number of fused-ring (bicyclic) bond motifs is 1. The summed E-state index contributed by atoms with van der Waals surface area (Å²) in [5.74, 6) is -1.62. The Morgan fingerprint density at radius 3 is 2.16 bits per heavy atom. The summed E-state index contributed by atoms with van der Waals surface area (Å²) >= 11 is 0. The number of carbonyl (C=O) groups excluding carboxylic acids is 2. The molecular formula is C24H19N3O5. The van der Waals surface area contributed by atoms with E-state index in [1.165, 1.54) is 24.3 Å². The third kappa shape index (κ3) is 3.04. The molecule has 0 aromatic heterocycles. The summed E-state index contributed by atoms with van der Waals surface area (Å²) in [6.45, 7) is 1.96. The zero-order chi connectivity index (χ0) is 22.4. The maximum atomic E-state index is 13.6. The van der Waals surface area contributed by atoms with E-state index in [0.717, 1.165) is 21.7 Å². The van der Waals surface area contributed by atoms with E-state index in [4.69, 9.17) is 4.84 Å². The smallest absolute Gasteiger partial charge is 0.269 e. The number of anilines is 2. The fourth-order valence-electron chi connectivity index (χ4n) is 4.43. The van der Waals surface area contributed by atoms with Crippen LogP contribution in [0.3, 0.4) is 0 Å². The van der Waals surface area contributed by atoms with E-state index < -0.39 is 28.9 Å². The number of nitrogens with zero attached hydrogens (tertiary/aromatic N) is 3. The molecule has 0 spiro atoms. The standard InChI is InChI=1S/C24H19N3O5/c1-15-7-5-6-10-19(15)21-20-22(32-26(21)17-8-3-2-4-9-17)24(29)25(23(20)28)16-11-13-18(14-12-16)27(30)31/h2-14,20-22H,1H3. The Labute approximate surface area is 183 Å². The predicted octanol–water partition coefficient (Wildman–Crippen LogP) is 3.95. The molecule has 3 atom stereocenters. The second-order valence-corrected chi connectivity index (χ2v) is 7.80. The number of hydrogen-bond acceptors (Lipinski definition) is 6. The lowest BCUT2D eigenvalue weighted by Crippen LogP contribution is -2.37. The van der Waals surface area contributed by atoms with Crippen molar-refractivity contribution in [1.82, 2.24) is 0 Å². The normalized spacial score (nSPS) is 22.3. The van der Waals surface area contributed by atoms with Crippen LogP contribution in [0, 0.1) is 23.0 Å². The van der Waals surface area contributed by atoms with Gasteiger partial charge in [0.2, 0.25) is 5.91 Å². The highest BCUT2D eigenvalue weighted by Gasteiger charge is 2.60. The molecule has 3 unspecified atom stereocenters. The minimum Gasteiger partial charge on any atom is -0.273 e. The third-order valence-electron chi connectivity index (χ3n) is 5.95. The summed E-state index contributed by atoms with van der Waals surface area (Å²) in [6.07, 6.45) is -0.984. The van der Waals surface area contributed by atoms with Crippen LogP contribution in [0.25, 0.3) is 0 Å². The molecule has 0 bridgehead atoms. The zero-order valence-electron chi connectivity index (χ0n) is 17.1. The quantitative estimate of drug-likeness (QED) is 0.354. The largest absolute Gasteiger partial charge is 0.273 e. The van der Waals surface area contributed by atoms with Crippen molar-refractivity contribution in [2.75, 3.05) is 9.96 Å². The molecule has 0 radical (unpaired) electrons. The van der Waals surface area contributed by atoms with Crippen molar-refractivity contribution in [2.24, 2.45) is 5.92 Å². The third-order valence-corrected chi connectivity index (χ3v) is 5.95. The fourth-order valence-corrected chi connectivity index (χ4v) is 4.43. The second-order valence-electron chi connectivity index (χ2n) is 7.80. The number of para-hydroxylation sites is 1. The molecule has 2 heterocycles. The highest BCUT2D eigenvalue weighted by atomic mass is 16.7. The van der Waals surface area contributed by atoms with Crippen molar-refractivity contribution >= 4 is 28.9 Å². The SMILES string of the molecule is Cc1ccccc1C1C2C(=O)N(c3ccc([N+](=O)[O-])cc3)C(=O)C2ON1c1ccccc1. The Kier molecular flexibility index (Phi) is 4.71. The molecule has 0 saturated carbocycles. The number of nitro groups is 1. The Morgan fingerprint density at radius 1 is 0.844 bits per heavy atom. The van der Waals surface area contributed by atoms with Gasteiger partial charge in [-0.2, -0.15) is 0 Å². The lowest BCUT2D eigenvalue weighted by atomic mass is 9.88. The van der Waals surface area contributed by atoms with Gasteiger partial charge in [-0.05, 0) is 42.3 Å². The van der Waals surface area contributed by atoms with Crippen LogP contribution in [-0.2, 0) is 14.4 Å².